The summed E-state index contributed by atoms with van der Waals surface area (Å²) in [6.45, 7) is 9.07. The summed E-state index contributed by atoms with van der Waals surface area (Å²) in [7, 11) is 0. The molecule has 0 bridgehead atoms. The molecule has 1 aliphatic rings. The van der Waals surface area contributed by atoms with Gasteiger partial charge in [0.25, 0.3) is 0 Å². The summed E-state index contributed by atoms with van der Waals surface area (Å²) in [5.41, 5.74) is 0. The van der Waals surface area contributed by atoms with Crippen LogP contribution in [0.15, 0.2) is 4.99 Å². The summed E-state index contributed by atoms with van der Waals surface area (Å²) in [5, 5.41) is 5.93. The van der Waals surface area contributed by atoms with E-state index in [0.29, 0.717) is 13.2 Å². The van der Waals surface area contributed by atoms with Crippen molar-refractivity contribution in [3.8, 4) is 0 Å². The molecule has 0 spiro atoms. The summed E-state index contributed by atoms with van der Waals surface area (Å²) >= 11 is 0. The lowest BCUT2D eigenvalue weighted by Gasteiger charge is -2.33. The van der Waals surface area contributed by atoms with Crippen molar-refractivity contribution < 1.29 is 14.3 Å². The van der Waals surface area contributed by atoms with Gasteiger partial charge in [-0.15, -0.1) is 24.0 Å². The maximum absolute atomic E-state index is 11.7. The molecule has 0 unspecified atom stereocenters. The van der Waals surface area contributed by atoms with E-state index in [1.54, 1.807) is 0 Å². The predicted octanol–water partition coefficient (Wildman–Crippen LogP) is 0.981. The van der Waals surface area contributed by atoms with Crippen LogP contribution in [0.3, 0.4) is 0 Å². The number of esters is 1. The Kier molecular flexibility index (Phi) is 11.8. The topological polar surface area (TPSA) is 83.0 Å². The van der Waals surface area contributed by atoms with Gasteiger partial charge < -0.3 is 20.3 Å². The average molecular weight is 440 g/mol. The molecule has 1 fully saturated rings. The van der Waals surface area contributed by atoms with Gasteiger partial charge in [0, 0.05) is 26.2 Å². The normalized spacial score (nSPS) is 15.6. The maximum Gasteiger partial charge on any atom is 0.309 e. The second-order valence-electron chi connectivity index (χ2n) is 5.14. The van der Waals surface area contributed by atoms with E-state index in [0.717, 1.165) is 38.4 Å². The molecule has 1 saturated heterocycles. The Balaban J connectivity index is 0.00000484. The first-order valence-electron chi connectivity index (χ1n) is 8.08. The van der Waals surface area contributed by atoms with Crippen LogP contribution >= 0.6 is 24.0 Å². The van der Waals surface area contributed by atoms with E-state index < -0.39 is 0 Å². The van der Waals surface area contributed by atoms with Gasteiger partial charge in [0.15, 0.2) is 5.96 Å². The summed E-state index contributed by atoms with van der Waals surface area (Å²) in [5.74, 6) is 0.518. The number of hydrogen-bond donors (Lipinski definition) is 2. The van der Waals surface area contributed by atoms with Gasteiger partial charge in [0.05, 0.1) is 12.5 Å². The lowest BCUT2D eigenvalue weighted by molar-refractivity contribution is -0.149. The molecule has 8 heteroatoms. The van der Waals surface area contributed by atoms with Crippen molar-refractivity contribution in [2.75, 3.05) is 39.3 Å². The lowest BCUT2D eigenvalue weighted by Crippen LogP contribution is -2.47. The van der Waals surface area contributed by atoms with Crippen molar-refractivity contribution in [3.05, 3.63) is 0 Å². The highest BCUT2D eigenvalue weighted by Gasteiger charge is 2.27. The van der Waals surface area contributed by atoms with Crippen molar-refractivity contribution >= 4 is 41.8 Å². The number of halogens is 1. The molecule has 1 aliphatic heterocycles. The minimum absolute atomic E-state index is 0. The second kappa shape index (κ2) is 12.4. The molecule has 0 aromatic rings. The number of rotatable bonds is 6. The Morgan fingerprint density at radius 3 is 2.26 bits per heavy atom. The Hall–Kier alpha value is -1.06. The average Bonchev–Trinajstić information content (AvgIpc) is 2.52. The first kappa shape index (κ1) is 21.9. The van der Waals surface area contributed by atoms with Gasteiger partial charge in [0.2, 0.25) is 5.91 Å². The van der Waals surface area contributed by atoms with Crippen LogP contribution in [-0.4, -0.2) is 62.1 Å². The zero-order valence-corrected chi connectivity index (χ0v) is 16.6. The first-order valence-corrected chi connectivity index (χ1v) is 8.08. The quantitative estimate of drug-likeness (QED) is 0.279. The van der Waals surface area contributed by atoms with Gasteiger partial charge in [0.1, 0.15) is 6.54 Å². The maximum atomic E-state index is 11.7. The fourth-order valence-corrected chi connectivity index (χ4v) is 2.41. The second-order valence-corrected chi connectivity index (χ2v) is 5.14. The Morgan fingerprint density at radius 2 is 1.74 bits per heavy atom. The van der Waals surface area contributed by atoms with E-state index in [1.165, 1.54) is 0 Å². The number of likely N-dealkylation sites (tertiary alicyclic amines) is 1. The van der Waals surface area contributed by atoms with Crippen molar-refractivity contribution in [1.82, 2.24) is 15.5 Å². The number of amides is 1. The van der Waals surface area contributed by atoms with Crippen molar-refractivity contribution in [2.45, 2.75) is 33.6 Å². The van der Waals surface area contributed by atoms with Crippen LogP contribution in [0, 0.1) is 5.92 Å². The van der Waals surface area contributed by atoms with E-state index in [-0.39, 0.29) is 48.3 Å². The molecule has 0 aromatic carbocycles. The smallest absolute Gasteiger partial charge is 0.309 e. The molecular weight excluding hydrogens is 411 g/mol. The van der Waals surface area contributed by atoms with Crippen LogP contribution < -0.4 is 10.6 Å². The third-order valence-electron chi connectivity index (χ3n) is 3.50. The number of aliphatic imine (C=N–C) groups is 1. The third kappa shape index (κ3) is 7.85. The zero-order valence-electron chi connectivity index (χ0n) is 14.3. The van der Waals surface area contributed by atoms with Crippen molar-refractivity contribution in [1.29, 1.82) is 0 Å². The van der Waals surface area contributed by atoms with Crippen LogP contribution in [0.1, 0.15) is 33.6 Å². The zero-order chi connectivity index (χ0) is 16.4. The Morgan fingerprint density at radius 1 is 1.13 bits per heavy atom. The molecule has 0 aliphatic carbocycles. The van der Waals surface area contributed by atoms with Gasteiger partial charge in [-0.2, -0.15) is 0 Å². The van der Waals surface area contributed by atoms with Gasteiger partial charge in [-0.05, 0) is 33.6 Å². The number of carbonyl (C=O) groups is 2. The molecule has 1 heterocycles. The molecule has 0 aromatic heterocycles. The highest BCUT2D eigenvalue weighted by Crippen LogP contribution is 2.18. The Labute approximate surface area is 155 Å². The van der Waals surface area contributed by atoms with Gasteiger partial charge in [-0.3, -0.25) is 9.59 Å². The van der Waals surface area contributed by atoms with E-state index in [1.807, 2.05) is 20.8 Å². The molecule has 0 atom stereocenters. The largest absolute Gasteiger partial charge is 0.466 e. The number of ether oxygens (including phenoxy) is 1. The number of nitrogens with one attached hydrogen (secondary N) is 2. The van der Waals surface area contributed by atoms with Gasteiger partial charge in [-0.25, -0.2) is 4.99 Å². The SMILES string of the molecule is CCNC(=O)CN=C(NCC)N1CCC(C(=O)OCC)CC1.I. The highest BCUT2D eigenvalue weighted by molar-refractivity contribution is 14.0. The van der Waals surface area contributed by atoms with Crippen LogP contribution in [0.25, 0.3) is 0 Å². The van der Waals surface area contributed by atoms with E-state index in [9.17, 15) is 9.59 Å². The molecule has 2 N–H and O–H groups in total. The van der Waals surface area contributed by atoms with Crippen molar-refractivity contribution in [2.24, 2.45) is 10.9 Å². The molecule has 0 saturated carbocycles. The van der Waals surface area contributed by atoms with Gasteiger partial charge in [-0.1, -0.05) is 0 Å². The molecule has 134 valence electrons. The van der Waals surface area contributed by atoms with Crippen molar-refractivity contribution in [3.63, 3.8) is 0 Å². The fraction of sp³-hybridized carbons (Fsp3) is 0.800. The minimum atomic E-state index is -0.105. The summed E-state index contributed by atoms with van der Waals surface area (Å²) in [4.78, 5) is 29.7. The molecule has 23 heavy (non-hydrogen) atoms. The molecule has 1 rings (SSSR count). The Bertz CT molecular complexity index is 396. The van der Waals surface area contributed by atoms with E-state index >= 15 is 0 Å². The number of hydrogen-bond acceptors (Lipinski definition) is 4. The van der Waals surface area contributed by atoms with Crippen LogP contribution in [-0.2, 0) is 14.3 Å². The number of guanidine groups is 1. The fourth-order valence-electron chi connectivity index (χ4n) is 2.41. The van der Waals surface area contributed by atoms with E-state index in [4.69, 9.17) is 4.74 Å². The molecule has 1 amide bonds. The monoisotopic (exact) mass is 440 g/mol. The number of piperidine rings is 1. The molecule has 0 radical (unpaired) electrons. The standard InChI is InChI=1S/C15H28N4O3.HI/c1-4-16-13(20)11-18-15(17-5-2)19-9-7-12(8-10-19)14(21)22-6-3;/h12H,4-11H2,1-3H3,(H,16,20)(H,17,18);1H. The molecular formula is C15H29IN4O3. The minimum Gasteiger partial charge on any atom is -0.466 e. The van der Waals surface area contributed by atoms with E-state index in [2.05, 4.69) is 20.5 Å². The highest BCUT2D eigenvalue weighted by atomic mass is 127. The van der Waals surface area contributed by atoms with Gasteiger partial charge >= 0.3 is 5.97 Å². The number of likely N-dealkylation sites (N-methyl/N-ethyl adjacent to an activating group) is 1. The summed E-state index contributed by atoms with van der Waals surface area (Å²) in [6.07, 6.45) is 1.51. The number of carbonyl (C=O) groups excluding carboxylic acids is 2. The molecule has 7 nitrogen and oxygen atoms in total. The van der Waals surface area contributed by atoms with Crippen LogP contribution in [0.5, 0.6) is 0 Å². The summed E-state index contributed by atoms with van der Waals surface area (Å²) < 4.78 is 5.07. The van der Waals surface area contributed by atoms with Crippen LogP contribution in [0.2, 0.25) is 0 Å². The predicted molar refractivity (Wildman–Crippen MR) is 101 cm³/mol. The third-order valence-corrected chi connectivity index (χ3v) is 3.50. The number of nitrogens with zero attached hydrogens (tertiary/aromatic N) is 2. The summed E-state index contributed by atoms with van der Waals surface area (Å²) in [6, 6.07) is 0. The van der Waals surface area contributed by atoms with Crippen LogP contribution in [0.4, 0.5) is 0 Å². The first-order chi connectivity index (χ1) is 10.6. The lowest BCUT2D eigenvalue weighted by atomic mass is 9.97.